The minimum absolute atomic E-state index is 0.00604. The third-order valence-corrected chi connectivity index (χ3v) is 7.22. The molecule has 0 unspecified atom stereocenters. The SMILES string of the molecule is COc1ccc(S(=O)(=O)N(CCc2ccccc2)CC(=O)N(C)c2ccccc2)cc1Cl. The summed E-state index contributed by atoms with van der Waals surface area (Å²) >= 11 is 6.17. The van der Waals surface area contributed by atoms with Crippen LogP contribution in [-0.4, -0.2) is 45.9 Å². The summed E-state index contributed by atoms with van der Waals surface area (Å²) in [6.45, 7) is -0.158. The Hall–Kier alpha value is -2.87. The van der Waals surface area contributed by atoms with Crippen molar-refractivity contribution < 1.29 is 17.9 Å². The number of methoxy groups -OCH3 is 1. The first-order chi connectivity index (χ1) is 15.3. The van der Waals surface area contributed by atoms with Gasteiger partial charge in [-0.3, -0.25) is 4.79 Å². The van der Waals surface area contributed by atoms with Crippen molar-refractivity contribution in [2.75, 3.05) is 32.1 Å². The highest BCUT2D eigenvalue weighted by atomic mass is 35.5. The first-order valence-electron chi connectivity index (χ1n) is 10.0. The van der Waals surface area contributed by atoms with Crippen LogP contribution in [0.25, 0.3) is 0 Å². The fourth-order valence-electron chi connectivity index (χ4n) is 3.19. The van der Waals surface area contributed by atoms with Crippen LogP contribution < -0.4 is 9.64 Å². The van der Waals surface area contributed by atoms with Crippen molar-refractivity contribution in [1.29, 1.82) is 0 Å². The fourth-order valence-corrected chi connectivity index (χ4v) is 4.93. The highest BCUT2D eigenvalue weighted by molar-refractivity contribution is 7.89. The Morgan fingerprint density at radius 1 is 0.969 bits per heavy atom. The molecule has 0 aliphatic carbocycles. The quantitative estimate of drug-likeness (QED) is 0.467. The van der Waals surface area contributed by atoms with E-state index in [9.17, 15) is 13.2 Å². The summed E-state index contributed by atoms with van der Waals surface area (Å²) in [7, 11) is -0.897. The van der Waals surface area contributed by atoms with Gasteiger partial charge in [0.25, 0.3) is 0 Å². The molecule has 3 aromatic rings. The van der Waals surface area contributed by atoms with E-state index < -0.39 is 10.0 Å². The van der Waals surface area contributed by atoms with Gasteiger partial charge in [-0.15, -0.1) is 0 Å². The van der Waals surface area contributed by atoms with E-state index in [0.717, 1.165) is 5.56 Å². The second-order valence-corrected chi connectivity index (χ2v) is 9.50. The average molecular weight is 473 g/mol. The van der Waals surface area contributed by atoms with Gasteiger partial charge in [-0.25, -0.2) is 8.42 Å². The number of ether oxygens (including phenoxy) is 1. The molecule has 0 saturated carbocycles. The lowest BCUT2D eigenvalue weighted by atomic mass is 10.1. The summed E-state index contributed by atoms with van der Waals surface area (Å²) in [4.78, 5) is 14.4. The Bertz CT molecular complexity index is 1160. The number of anilines is 1. The molecule has 0 saturated heterocycles. The topological polar surface area (TPSA) is 66.9 Å². The van der Waals surface area contributed by atoms with E-state index >= 15 is 0 Å². The number of sulfonamides is 1. The van der Waals surface area contributed by atoms with E-state index in [1.54, 1.807) is 19.2 Å². The molecule has 0 aliphatic heterocycles. The molecule has 0 spiro atoms. The summed E-state index contributed by atoms with van der Waals surface area (Å²) in [5.41, 5.74) is 1.66. The maximum atomic E-state index is 13.5. The molecular formula is C24H25ClN2O4S. The molecule has 32 heavy (non-hydrogen) atoms. The van der Waals surface area contributed by atoms with E-state index in [0.29, 0.717) is 17.9 Å². The summed E-state index contributed by atoms with van der Waals surface area (Å²) in [6.07, 6.45) is 0.465. The third-order valence-electron chi connectivity index (χ3n) is 5.08. The van der Waals surface area contributed by atoms with Gasteiger partial charge in [0.15, 0.2) is 0 Å². The van der Waals surface area contributed by atoms with Gasteiger partial charge in [0, 0.05) is 19.3 Å². The molecule has 0 N–H and O–H groups in total. The van der Waals surface area contributed by atoms with Crippen molar-refractivity contribution in [3.8, 4) is 5.75 Å². The maximum Gasteiger partial charge on any atom is 0.243 e. The third kappa shape index (κ3) is 5.68. The van der Waals surface area contributed by atoms with Crippen molar-refractivity contribution >= 4 is 33.2 Å². The van der Waals surface area contributed by atoms with Gasteiger partial charge >= 0.3 is 0 Å². The molecule has 0 heterocycles. The Balaban J connectivity index is 1.88. The van der Waals surface area contributed by atoms with Gasteiger partial charge in [-0.1, -0.05) is 60.1 Å². The molecule has 0 atom stereocenters. The molecule has 0 aromatic heterocycles. The monoisotopic (exact) mass is 472 g/mol. The number of amides is 1. The Labute approximate surface area is 194 Å². The Kier molecular flexibility index (Phi) is 7.90. The molecule has 0 fully saturated rings. The first-order valence-corrected chi connectivity index (χ1v) is 11.8. The average Bonchev–Trinajstić information content (AvgIpc) is 2.82. The second-order valence-electron chi connectivity index (χ2n) is 7.16. The number of para-hydroxylation sites is 1. The highest BCUT2D eigenvalue weighted by Crippen LogP contribution is 2.28. The van der Waals surface area contributed by atoms with Crippen LogP contribution in [0.3, 0.4) is 0 Å². The number of carbonyl (C=O) groups is 1. The number of carbonyl (C=O) groups excluding carboxylic acids is 1. The number of nitrogens with zero attached hydrogens (tertiary/aromatic N) is 2. The summed E-state index contributed by atoms with van der Waals surface area (Å²) in [6, 6.07) is 22.9. The Morgan fingerprint density at radius 2 is 1.59 bits per heavy atom. The summed E-state index contributed by atoms with van der Waals surface area (Å²) in [5.74, 6) is 0.0359. The largest absolute Gasteiger partial charge is 0.495 e. The minimum atomic E-state index is -3.98. The lowest BCUT2D eigenvalue weighted by Gasteiger charge is -2.25. The van der Waals surface area contributed by atoms with Gasteiger partial charge in [0.05, 0.1) is 23.6 Å². The zero-order valence-corrected chi connectivity index (χ0v) is 19.5. The second kappa shape index (κ2) is 10.6. The van der Waals surface area contributed by atoms with E-state index in [2.05, 4.69) is 0 Å². The molecule has 0 aliphatic rings. The molecule has 3 rings (SSSR count). The first kappa shape index (κ1) is 23.8. The van der Waals surface area contributed by atoms with E-state index in [1.807, 2.05) is 48.5 Å². The van der Waals surface area contributed by atoms with Gasteiger partial charge in [-0.2, -0.15) is 4.31 Å². The van der Waals surface area contributed by atoms with Crippen LogP contribution in [0, 0.1) is 0 Å². The van der Waals surface area contributed by atoms with Gasteiger partial charge in [-0.05, 0) is 42.3 Å². The summed E-state index contributed by atoms with van der Waals surface area (Å²) in [5, 5.41) is 0.185. The van der Waals surface area contributed by atoms with Gasteiger partial charge in [0.2, 0.25) is 15.9 Å². The number of halogens is 1. The smallest absolute Gasteiger partial charge is 0.243 e. The lowest BCUT2D eigenvalue weighted by molar-refractivity contribution is -0.118. The molecule has 0 bridgehead atoms. The van der Waals surface area contributed by atoms with Crippen molar-refractivity contribution in [3.05, 3.63) is 89.4 Å². The van der Waals surface area contributed by atoms with Crippen molar-refractivity contribution in [2.45, 2.75) is 11.3 Å². The number of rotatable bonds is 9. The van der Waals surface area contributed by atoms with Crippen LogP contribution >= 0.6 is 11.6 Å². The normalized spacial score (nSPS) is 11.4. The van der Waals surface area contributed by atoms with Crippen LogP contribution in [0.1, 0.15) is 5.56 Å². The van der Waals surface area contributed by atoms with Gasteiger partial charge < -0.3 is 9.64 Å². The maximum absolute atomic E-state index is 13.5. The number of hydrogen-bond acceptors (Lipinski definition) is 4. The van der Waals surface area contributed by atoms with Crippen LogP contribution in [0.4, 0.5) is 5.69 Å². The molecule has 6 nitrogen and oxygen atoms in total. The zero-order chi connectivity index (χ0) is 23.1. The van der Waals surface area contributed by atoms with Crippen molar-refractivity contribution in [2.24, 2.45) is 0 Å². The van der Waals surface area contributed by atoms with Crippen molar-refractivity contribution in [1.82, 2.24) is 4.31 Å². The Morgan fingerprint density at radius 3 is 2.19 bits per heavy atom. The van der Waals surface area contributed by atoms with E-state index in [-0.39, 0.29) is 28.9 Å². The molecule has 8 heteroatoms. The highest BCUT2D eigenvalue weighted by Gasteiger charge is 2.28. The minimum Gasteiger partial charge on any atom is -0.495 e. The number of benzene rings is 3. The zero-order valence-electron chi connectivity index (χ0n) is 17.9. The van der Waals surface area contributed by atoms with Crippen molar-refractivity contribution in [3.63, 3.8) is 0 Å². The molecule has 168 valence electrons. The van der Waals surface area contributed by atoms with Crippen LogP contribution in [-0.2, 0) is 21.2 Å². The predicted molar refractivity (Wildman–Crippen MR) is 127 cm³/mol. The van der Waals surface area contributed by atoms with Crippen LogP contribution in [0.5, 0.6) is 5.75 Å². The van der Waals surface area contributed by atoms with Crippen LogP contribution in [0.2, 0.25) is 5.02 Å². The number of likely N-dealkylation sites (N-methyl/N-ethyl adjacent to an activating group) is 1. The van der Waals surface area contributed by atoms with E-state index in [4.69, 9.17) is 16.3 Å². The predicted octanol–water partition coefficient (Wildman–Crippen LogP) is 4.25. The fraction of sp³-hybridized carbons (Fsp3) is 0.208. The summed E-state index contributed by atoms with van der Waals surface area (Å²) < 4.78 is 33.2. The molecule has 3 aromatic carbocycles. The molecule has 0 radical (unpaired) electrons. The lowest BCUT2D eigenvalue weighted by Crippen LogP contribution is -2.42. The molecular weight excluding hydrogens is 448 g/mol. The van der Waals surface area contributed by atoms with E-state index in [1.165, 1.54) is 34.5 Å². The standard InChI is InChI=1S/C24H25ClN2O4S/c1-26(20-11-7-4-8-12-20)24(28)18-27(16-15-19-9-5-3-6-10-19)32(29,30)21-13-14-23(31-2)22(25)17-21/h3-14,17H,15-16,18H2,1-2H3. The molecule has 1 amide bonds. The van der Waals surface area contributed by atoms with Gasteiger partial charge in [0.1, 0.15) is 5.75 Å². The number of hydrogen-bond donors (Lipinski definition) is 0. The van der Waals surface area contributed by atoms with Crippen LogP contribution in [0.15, 0.2) is 83.8 Å².